The lowest BCUT2D eigenvalue weighted by atomic mass is 9.93. The Labute approximate surface area is 122 Å². The Kier molecular flexibility index (Phi) is 5.78. The van der Waals surface area contributed by atoms with Gasteiger partial charge in [0.15, 0.2) is 0 Å². The summed E-state index contributed by atoms with van der Waals surface area (Å²) >= 11 is 0. The van der Waals surface area contributed by atoms with Gasteiger partial charge in [-0.3, -0.25) is 4.79 Å². The van der Waals surface area contributed by atoms with E-state index in [2.05, 4.69) is 6.58 Å². The van der Waals surface area contributed by atoms with E-state index in [0.29, 0.717) is 0 Å². The fourth-order valence-electron chi connectivity index (χ4n) is 2.65. The molecule has 0 unspecified atom stereocenters. The Morgan fingerprint density at radius 1 is 1.25 bits per heavy atom. The highest BCUT2D eigenvalue weighted by Crippen LogP contribution is 2.25. The molecule has 0 radical (unpaired) electrons. The van der Waals surface area contributed by atoms with Gasteiger partial charge in [0.05, 0.1) is 0 Å². The third kappa shape index (κ3) is 4.66. The highest BCUT2D eigenvalue weighted by atomic mass is 16.6. The molecule has 0 aromatic carbocycles. The van der Waals surface area contributed by atoms with Crippen molar-refractivity contribution in [2.45, 2.75) is 77.5 Å². The molecule has 1 atom stereocenters. The molecule has 0 spiro atoms. The number of carbonyl (C=O) groups is 2. The first-order valence-corrected chi connectivity index (χ1v) is 7.44. The van der Waals surface area contributed by atoms with Crippen molar-refractivity contribution in [3.05, 3.63) is 12.7 Å². The minimum atomic E-state index is -0.567. The van der Waals surface area contributed by atoms with Crippen LogP contribution in [0.1, 0.15) is 59.8 Å². The Balaban J connectivity index is 2.83. The van der Waals surface area contributed by atoms with Crippen LogP contribution in [0.4, 0.5) is 0 Å². The van der Waals surface area contributed by atoms with E-state index in [1.54, 1.807) is 11.8 Å². The molecule has 1 rings (SSSR count). The van der Waals surface area contributed by atoms with E-state index in [9.17, 15) is 9.59 Å². The number of esters is 1. The topological polar surface area (TPSA) is 46.6 Å². The zero-order valence-corrected chi connectivity index (χ0v) is 13.1. The Hall–Kier alpha value is -1.32. The molecule has 1 fully saturated rings. The predicted molar refractivity (Wildman–Crippen MR) is 79.2 cm³/mol. The van der Waals surface area contributed by atoms with Gasteiger partial charge in [0.1, 0.15) is 11.6 Å². The number of amides is 1. The first-order chi connectivity index (χ1) is 9.26. The summed E-state index contributed by atoms with van der Waals surface area (Å²) in [4.78, 5) is 26.0. The summed E-state index contributed by atoms with van der Waals surface area (Å²) in [5.41, 5.74) is -0.541. The van der Waals surface area contributed by atoms with Crippen LogP contribution in [-0.2, 0) is 14.3 Å². The molecule has 0 bridgehead atoms. The quantitative estimate of drug-likeness (QED) is 0.587. The van der Waals surface area contributed by atoms with E-state index in [1.807, 2.05) is 20.8 Å². The van der Waals surface area contributed by atoms with E-state index < -0.39 is 11.6 Å². The highest BCUT2D eigenvalue weighted by Gasteiger charge is 2.34. The second-order valence-electron chi connectivity index (χ2n) is 6.45. The molecular weight excluding hydrogens is 254 g/mol. The van der Waals surface area contributed by atoms with Crippen molar-refractivity contribution >= 4 is 11.9 Å². The standard InChI is InChI=1S/C16H27NO3/c1-6-14(18)17(13-10-8-7-9-11-13)12(2)15(19)20-16(3,4)5/h6,12-13H,1,7-11H2,2-5H3/t12-/m0/s1. The van der Waals surface area contributed by atoms with Crippen LogP contribution < -0.4 is 0 Å². The zero-order chi connectivity index (χ0) is 15.3. The van der Waals surface area contributed by atoms with E-state index in [1.165, 1.54) is 12.5 Å². The van der Waals surface area contributed by atoms with Gasteiger partial charge >= 0.3 is 5.97 Å². The van der Waals surface area contributed by atoms with Gasteiger partial charge in [0.25, 0.3) is 0 Å². The number of ether oxygens (including phenoxy) is 1. The summed E-state index contributed by atoms with van der Waals surface area (Å²) in [7, 11) is 0. The number of carbonyl (C=O) groups excluding carboxylic acids is 2. The lowest BCUT2D eigenvalue weighted by Gasteiger charge is -2.37. The first-order valence-electron chi connectivity index (χ1n) is 7.44. The van der Waals surface area contributed by atoms with Crippen molar-refractivity contribution in [1.82, 2.24) is 4.90 Å². The summed E-state index contributed by atoms with van der Waals surface area (Å²) in [6, 6.07) is -0.445. The molecular formula is C16H27NO3. The summed E-state index contributed by atoms with van der Waals surface area (Å²) in [5, 5.41) is 0. The van der Waals surface area contributed by atoms with Crippen LogP contribution in [0, 0.1) is 0 Å². The maximum atomic E-state index is 12.2. The third-order valence-corrected chi connectivity index (χ3v) is 3.56. The van der Waals surface area contributed by atoms with E-state index >= 15 is 0 Å². The predicted octanol–water partition coefficient (Wildman–Crippen LogP) is 3.06. The van der Waals surface area contributed by atoms with Crippen molar-refractivity contribution in [2.75, 3.05) is 0 Å². The van der Waals surface area contributed by atoms with Gasteiger partial charge < -0.3 is 9.64 Å². The molecule has 1 aliphatic rings. The van der Waals surface area contributed by atoms with Crippen molar-refractivity contribution in [3.63, 3.8) is 0 Å². The molecule has 20 heavy (non-hydrogen) atoms. The van der Waals surface area contributed by atoms with Crippen molar-refractivity contribution < 1.29 is 14.3 Å². The van der Waals surface area contributed by atoms with Gasteiger partial charge in [-0.2, -0.15) is 0 Å². The largest absolute Gasteiger partial charge is 0.458 e. The second-order valence-corrected chi connectivity index (χ2v) is 6.45. The molecule has 1 saturated carbocycles. The molecule has 0 aromatic heterocycles. The highest BCUT2D eigenvalue weighted by molar-refractivity contribution is 5.91. The van der Waals surface area contributed by atoms with Crippen molar-refractivity contribution in [1.29, 1.82) is 0 Å². The Morgan fingerprint density at radius 2 is 1.80 bits per heavy atom. The van der Waals surface area contributed by atoms with Crippen LogP contribution in [-0.4, -0.2) is 34.5 Å². The molecule has 4 nitrogen and oxygen atoms in total. The third-order valence-electron chi connectivity index (χ3n) is 3.56. The molecule has 1 amide bonds. The molecule has 0 aliphatic heterocycles. The number of nitrogens with zero attached hydrogens (tertiary/aromatic N) is 1. The summed E-state index contributed by atoms with van der Waals surface area (Å²) in [6.07, 6.45) is 6.60. The summed E-state index contributed by atoms with van der Waals surface area (Å²) < 4.78 is 5.40. The van der Waals surface area contributed by atoms with Gasteiger partial charge in [0, 0.05) is 6.04 Å². The monoisotopic (exact) mass is 281 g/mol. The lowest BCUT2D eigenvalue weighted by Crippen LogP contribution is -2.51. The average molecular weight is 281 g/mol. The van der Waals surface area contributed by atoms with Gasteiger partial charge in [-0.05, 0) is 46.6 Å². The molecule has 0 saturated heterocycles. The number of hydrogen-bond donors (Lipinski definition) is 0. The second kappa shape index (κ2) is 6.91. The molecule has 4 heteroatoms. The van der Waals surface area contributed by atoms with Gasteiger partial charge in [-0.15, -0.1) is 0 Å². The van der Waals surface area contributed by atoms with E-state index in [0.717, 1.165) is 25.7 Å². The van der Waals surface area contributed by atoms with E-state index in [-0.39, 0.29) is 17.9 Å². The zero-order valence-electron chi connectivity index (χ0n) is 13.1. The normalized spacial score (nSPS) is 18.2. The Bertz CT molecular complexity index is 364. The van der Waals surface area contributed by atoms with Gasteiger partial charge in [-0.25, -0.2) is 4.79 Å². The molecule has 0 heterocycles. The van der Waals surface area contributed by atoms with Crippen LogP contribution in [0.3, 0.4) is 0 Å². The molecule has 0 N–H and O–H groups in total. The number of hydrogen-bond acceptors (Lipinski definition) is 3. The number of rotatable bonds is 4. The minimum Gasteiger partial charge on any atom is -0.458 e. The summed E-state index contributed by atoms with van der Waals surface area (Å²) in [6.45, 7) is 10.8. The van der Waals surface area contributed by atoms with Crippen molar-refractivity contribution in [2.24, 2.45) is 0 Å². The van der Waals surface area contributed by atoms with Crippen LogP contribution in [0.25, 0.3) is 0 Å². The molecule has 1 aliphatic carbocycles. The van der Waals surface area contributed by atoms with Crippen LogP contribution in [0.2, 0.25) is 0 Å². The summed E-state index contributed by atoms with van der Waals surface area (Å²) in [5.74, 6) is -0.534. The van der Waals surface area contributed by atoms with Crippen LogP contribution in [0.15, 0.2) is 12.7 Å². The molecule has 0 aromatic rings. The van der Waals surface area contributed by atoms with Crippen molar-refractivity contribution in [3.8, 4) is 0 Å². The SMILES string of the molecule is C=CC(=O)N(C1CCCCC1)[C@@H](C)C(=O)OC(C)(C)C. The smallest absolute Gasteiger partial charge is 0.329 e. The van der Waals surface area contributed by atoms with Gasteiger partial charge in [-0.1, -0.05) is 25.8 Å². The maximum Gasteiger partial charge on any atom is 0.329 e. The fraction of sp³-hybridized carbons (Fsp3) is 0.750. The van der Waals surface area contributed by atoms with Crippen LogP contribution in [0.5, 0.6) is 0 Å². The van der Waals surface area contributed by atoms with Crippen LogP contribution >= 0.6 is 0 Å². The maximum absolute atomic E-state index is 12.2. The first kappa shape index (κ1) is 16.7. The van der Waals surface area contributed by atoms with Gasteiger partial charge in [0.2, 0.25) is 5.91 Å². The lowest BCUT2D eigenvalue weighted by molar-refractivity contribution is -0.165. The van der Waals surface area contributed by atoms with E-state index in [4.69, 9.17) is 4.74 Å². The minimum absolute atomic E-state index is 0.122. The Morgan fingerprint density at radius 3 is 2.25 bits per heavy atom. The molecule has 114 valence electrons. The average Bonchev–Trinajstić information content (AvgIpc) is 2.37. The fourth-order valence-corrected chi connectivity index (χ4v) is 2.65.